The van der Waals surface area contributed by atoms with Gasteiger partial charge >= 0.3 is 5.97 Å². The summed E-state index contributed by atoms with van der Waals surface area (Å²) in [7, 11) is 0. The number of carboxylic acid groups (broad SMARTS) is 1. The van der Waals surface area contributed by atoms with Crippen LogP contribution >= 0.6 is 22.9 Å². The van der Waals surface area contributed by atoms with Crippen LogP contribution in [0.1, 0.15) is 50.3 Å². The molecule has 0 bridgehead atoms. The lowest BCUT2D eigenvalue weighted by Crippen LogP contribution is -2.37. The van der Waals surface area contributed by atoms with Gasteiger partial charge in [0.2, 0.25) is 0 Å². The number of carbonyl (C=O) groups is 1. The van der Waals surface area contributed by atoms with E-state index in [1.54, 1.807) is 11.3 Å². The predicted molar refractivity (Wildman–Crippen MR) is 146 cm³/mol. The summed E-state index contributed by atoms with van der Waals surface area (Å²) in [4.78, 5) is 19.6. The van der Waals surface area contributed by atoms with Gasteiger partial charge in [-0.15, -0.1) is 11.3 Å². The van der Waals surface area contributed by atoms with E-state index in [1.807, 2.05) is 12.3 Å². The molecule has 0 aliphatic carbocycles. The van der Waals surface area contributed by atoms with E-state index in [1.165, 1.54) is 27.1 Å². The number of carboxylic acids is 1. The van der Waals surface area contributed by atoms with Gasteiger partial charge in [0.05, 0.1) is 10.8 Å². The van der Waals surface area contributed by atoms with Crippen molar-refractivity contribution in [1.82, 2.24) is 9.88 Å². The zero-order valence-corrected chi connectivity index (χ0v) is 22.5. The average molecular weight is 511 g/mol. The summed E-state index contributed by atoms with van der Waals surface area (Å²) < 4.78 is 0. The van der Waals surface area contributed by atoms with Gasteiger partial charge in [0.1, 0.15) is 5.01 Å². The molecular formula is C29H35ClN2O2S. The summed E-state index contributed by atoms with van der Waals surface area (Å²) in [6.45, 7) is 9.34. The van der Waals surface area contributed by atoms with E-state index in [4.69, 9.17) is 16.6 Å². The summed E-state index contributed by atoms with van der Waals surface area (Å²) in [5.41, 5.74) is 6.28. The molecule has 186 valence electrons. The molecule has 4 rings (SSSR count). The Kier molecular flexibility index (Phi) is 8.64. The fourth-order valence-corrected chi connectivity index (χ4v) is 6.24. The van der Waals surface area contributed by atoms with Gasteiger partial charge in [0, 0.05) is 23.3 Å². The number of piperidine rings is 1. The van der Waals surface area contributed by atoms with Crippen LogP contribution in [0.4, 0.5) is 0 Å². The molecule has 0 spiro atoms. The topological polar surface area (TPSA) is 53.4 Å². The van der Waals surface area contributed by atoms with Crippen LogP contribution in [0, 0.1) is 11.8 Å². The quantitative estimate of drug-likeness (QED) is 0.330. The van der Waals surface area contributed by atoms with Gasteiger partial charge in [0.15, 0.2) is 0 Å². The number of thiazole rings is 1. The molecule has 1 N–H and O–H groups in total. The highest BCUT2D eigenvalue weighted by atomic mass is 35.5. The predicted octanol–water partition coefficient (Wildman–Crippen LogP) is 7.23. The molecule has 1 aliphatic rings. The van der Waals surface area contributed by atoms with Crippen LogP contribution in [0.2, 0.25) is 5.02 Å². The van der Waals surface area contributed by atoms with Gasteiger partial charge in [-0.2, -0.15) is 0 Å². The molecule has 2 aromatic carbocycles. The fraction of sp³-hybridized carbons (Fsp3) is 0.448. The maximum absolute atomic E-state index is 11.2. The second-order valence-corrected chi connectivity index (χ2v) is 11.4. The highest BCUT2D eigenvalue weighted by Crippen LogP contribution is 2.36. The van der Waals surface area contributed by atoms with Crippen LogP contribution in [0.5, 0.6) is 0 Å². The molecule has 1 saturated heterocycles. The van der Waals surface area contributed by atoms with Crippen LogP contribution in [-0.4, -0.2) is 40.6 Å². The normalized spacial score (nSPS) is 15.1. The Morgan fingerprint density at radius 3 is 2.63 bits per heavy atom. The average Bonchev–Trinajstić information content (AvgIpc) is 3.34. The third-order valence-corrected chi connectivity index (χ3v) is 8.39. The fourth-order valence-electron chi connectivity index (χ4n) is 5.02. The van der Waals surface area contributed by atoms with Crippen molar-refractivity contribution >= 4 is 28.9 Å². The van der Waals surface area contributed by atoms with E-state index in [-0.39, 0.29) is 5.92 Å². The lowest BCUT2D eigenvalue weighted by molar-refractivity contribution is -0.143. The van der Waals surface area contributed by atoms with Crippen molar-refractivity contribution in [2.24, 2.45) is 11.8 Å². The number of hydrogen-bond donors (Lipinski definition) is 1. The Morgan fingerprint density at radius 2 is 1.97 bits per heavy atom. The first-order valence-corrected chi connectivity index (χ1v) is 13.9. The number of nitrogens with zero attached hydrogens (tertiary/aromatic N) is 2. The molecule has 0 amide bonds. The van der Waals surface area contributed by atoms with Crippen molar-refractivity contribution in [3.05, 3.63) is 64.3 Å². The van der Waals surface area contributed by atoms with Crippen LogP contribution in [0.15, 0.2) is 42.6 Å². The van der Waals surface area contributed by atoms with Crippen molar-refractivity contribution in [2.45, 2.75) is 52.9 Å². The molecule has 4 nitrogen and oxygen atoms in total. The molecule has 2 heterocycles. The van der Waals surface area contributed by atoms with E-state index in [0.29, 0.717) is 5.92 Å². The number of aliphatic carboxylic acids is 1. The summed E-state index contributed by atoms with van der Waals surface area (Å²) in [6, 6.07) is 12.9. The van der Waals surface area contributed by atoms with E-state index in [0.717, 1.165) is 67.3 Å². The van der Waals surface area contributed by atoms with Crippen LogP contribution in [0.3, 0.4) is 0 Å². The minimum absolute atomic E-state index is 0.178. The van der Waals surface area contributed by atoms with Crippen molar-refractivity contribution < 1.29 is 9.90 Å². The Balaban J connectivity index is 1.49. The maximum Gasteiger partial charge on any atom is 0.306 e. The molecule has 1 aromatic heterocycles. The molecule has 35 heavy (non-hydrogen) atoms. The zero-order valence-electron chi connectivity index (χ0n) is 20.9. The highest BCUT2D eigenvalue weighted by molar-refractivity contribution is 7.18. The number of aromatic nitrogens is 1. The first-order chi connectivity index (χ1) is 16.9. The van der Waals surface area contributed by atoms with Gasteiger partial charge in [0.25, 0.3) is 0 Å². The number of hydrogen-bond acceptors (Lipinski definition) is 4. The van der Waals surface area contributed by atoms with Crippen molar-refractivity contribution in [1.29, 1.82) is 0 Å². The molecule has 3 aromatic rings. The van der Waals surface area contributed by atoms with Crippen molar-refractivity contribution in [2.75, 3.05) is 19.6 Å². The molecule has 0 unspecified atom stereocenters. The number of likely N-dealkylation sites (tertiary alicyclic amines) is 1. The summed E-state index contributed by atoms with van der Waals surface area (Å²) in [5.74, 6) is -0.257. The lowest BCUT2D eigenvalue weighted by Gasteiger charge is -2.30. The Morgan fingerprint density at radius 1 is 1.20 bits per heavy atom. The SMILES string of the molecule is CCc1c(CCN2CCC(C(=O)O)CC2)cccc1-c1cnc(-c2ccc(CC(C)C)c(Cl)c2)s1. The van der Waals surface area contributed by atoms with E-state index in [2.05, 4.69) is 56.0 Å². The minimum Gasteiger partial charge on any atom is -0.481 e. The van der Waals surface area contributed by atoms with Crippen LogP contribution < -0.4 is 0 Å². The monoisotopic (exact) mass is 510 g/mol. The van der Waals surface area contributed by atoms with Gasteiger partial charge in [-0.3, -0.25) is 4.79 Å². The third-order valence-electron chi connectivity index (χ3n) is 6.96. The van der Waals surface area contributed by atoms with E-state index < -0.39 is 5.97 Å². The second kappa shape index (κ2) is 11.7. The molecule has 0 radical (unpaired) electrons. The Bertz CT molecular complexity index is 1170. The van der Waals surface area contributed by atoms with Gasteiger partial charge < -0.3 is 10.0 Å². The van der Waals surface area contributed by atoms with Crippen molar-refractivity contribution in [3.63, 3.8) is 0 Å². The first kappa shape index (κ1) is 25.9. The number of benzene rings is 2. The summed E-state index contributed by atoms with van der Waals surface area (Å²) in [6.07, 6.45) is 6.42. The Hall–Kier alpha value is -2.21. The smallest absolute Gasteiger partial charge is 0.306 e. The lowest BCUT2D eigenvalue weighted by atomic mass is 9.94. The maximum atomic E-state index is 11.2. The molecule has 0 atom stereocenters. The standard InChI is InChI=1S/C29H35ClN2O2S/c1-4-24-20(10-13-32-14-11-21(12-15-32)29(33)34)6-5-7-25(24)27-18-31-28(35-27)23-9-8-22(16-19(2)3)26(30)17-23/h5-9,17-19,21H,4,10-16H2,1-3H3,(H,33,34). The second-order valence-electron chi connectivity index (χ2n) is 9.93. The zero-order chi connectivity index (χ0) is 24.9. The molecule has 1 fully saturated rings. The first-order valence-electron chi connectivity index (χ1n) is 12.7. The Labute approximate surface area is 218 Å². The largest absolute Gasteiger partial charge is 0.481 e. The summed E-state index contributed by atoms with van der Waals surface area (Å²) >= 11 is 8.30. The molecular weight excluding hydrogens is 476 g/mol. The highest BCUT2D eigenvalue weighted by Gasteiger charge is 2.24. The summed E-state index contributed by atoms with van der Waals surface area (Å²) in [5, 5.41) is 11.1. The van der Waals surface area contributed by atoms with Crippen LogP contribution in [0.25, 0.3) is 21.0 Å². The molecule has 0 saturated carbocycles. The number of halogens is 1. The third kappa shape index (κ3) is 6.32. The van der Waals surface area contributed by atoms with E-state index >= 15 is 0 Å². The van der Waals surface area contributed by atoms with E-state index in [9.17, 15) is 9.90 Å². The number of rotatable bonds is 9. The van der Waals surface area contributed by atoms with Gasteiger partial charge in [-0.05, 0) is 79.4 Å². The van der Waals surface area contributed by atoms with Crippen LogP contribution in [-0.2, 0) is 24.1 Å². The molecule has 1 aliphatic heterocycles. The van der Waals surface area contributed by atoms with Gasteiger partial charge in [-0.25, -0.2) is 4.98 Å². The van der Waals surface area contributed by atoms with Crippen molar-refractivity contribution in [3.8, 4) is 21.0 Å². The minimum atomic E-state index is -0.650. The molecule has 6 heteroatoms. The van der Waals surface area contributed by atoms with Gasteiger partial charge in [-0.1, -0.05) is 62.7 Å².